The highest BCUT2D eigenvalue weighted by Gasteiger charge is 2.10. The van der Waals surface area contributed by atoms with Gasteiger partial charge < -0.3 is 10.1 Å². The molecule has 0 amide bonds. The van der Waals surface area contributed by atoms with Gasteiger partial charge in [-0.2, -0.15) is 0 Å². The van der Waals surface area contributed by atoms with E-state index in [1.807, 2.05) is 6.92 Å². The zero-order valence-electron chi connectivity index (χ0n) is 11.1. The fraction of sp³-hybridized carbons (Fsp3) is 0.400. The highest BCUT2D eigenvalue weighted by molar-refractivity contribution is 7.11. The van der Waals surface area contributed by atoms with Crippen LogP contribution in [0, 0.1) is 6.92 Å². The predicted molar refractivity (Wildman–Crippen MR) is 78.7 cm³/mol. The molecule has 4 heteroatoms. The van der Waals surface area contributed by atoms with Crippen molar-refractivity contribution in [2.45, 2.75) is 32.6 Å². The van der Waals surface area contributed by atoms with Gasteiger partial charge in [0.15, 0.2) is 0 Å². The number of aliphatic hydroxyl groups excluding tert-OH is 1. The van der Waals surface area contributed by atoms with E-state index in [0.29, 0.717) is 6.42 Å². The number of fused-ring (bicyclic) bond motifs is 1. The van der Waals surface area contributed by atoms with Crippen LogP contribution >= 0.6 is 11.3 Å². The van der Waals surface area contributed by atoms with E-state index in [1.165, 1.54) is 21.0 Å². The van der Waals surface area contributed by atoms with E-state index in [0.717, 1.165) is 30.0 Å². The van der Waals surface area contributed by atoms with Crippen LogP contribution in [0.3, 0.4) is 0 Å². The number of aromatic amines is 1. The molecule has 2 aromatic rings. The van der Waals surface area contributed by atoms with Gasteiger partial charge in [0.1, 0.15) is 0 Å². The lowest BCUT2D eigenvalue weighted by atomic mass is 10.1. The van der Waals surface area contributed by atoms with Crippen LogP contribution < -0.4 is 10.6 Å². The average molecular weight is 274 g/mol. The zero-order valence-corrected chi connectivity index (χ0v) is 11.9. The largest absolute Gasteiger partial charge is 0.396 e. The molecule has 0 fully saturated rings. The van der Waals surface area contributed by atoms with E-state index in [-0.39, 0.29) is 6.61 Å². The summed E-state index contributed by atoms with van der Waals surface area (Å²) in [6.45, 7) is 2.22. The fourth-order valence-corrected chi connectivity index (χ4v) is 3.65. The molecule has 0 radical (unpaired) electrons. The number of aliphatic hydroxyl groups is 1. The smallest absolute Gasteiger partial charge is 0.0975 e. The molecule has 2 heterocycles. The van der Waals surface area contributed by atoms with Crippen LogP contribution in [0.25, 0.3) is 12.2 Å². The van der Waals surface area contributed by atoms with Crippen LogP contribution in [0.4, 0.5) is 0 Å². The van der Waals surface area contributed by atoms with Gasteiger partial charge in [0.05, 0.1) is 10.7 Å². The Labute approximate surface area is 116 Å². The molecule has 0 bridgehead atoms. The highest BCUT2D eigenvalue weighted by Crippen LogP contribution is 2.20. The van der Waals surface area contributed by atoms with Crippen molar-refractivity contribution in [2.24, 2.45) is 0 Å². The molecule has 1 aliphatic carbocycles. The number of hydrogen-bond acceptors (Lipinski definition) is 3. The first-order chi connectivity index (χ1) is 9.28. The first-order valence-corrected chi connectivity index (χ1v) is 7.52. The fourth-order valence-electron chi connectivity index (χ4n) is 2.57. The Morgan fingerprint density at radius 1 is 1.37 bits per heavy atom. The molecule has 0 saturated carbocycles. The van der Waals surface area contributed by atoms with Gasteiger partial charge in [0.25, 0.3) is 0 Å². The Balaban J connectivity index is 1.90. The minimum atomic E-state index is 0.199. The Morgan fingerprint density at radius 2 is 2.21 bits per heavy atom. The average Bonchev–Trinajstić information content (AvgIpc) is 2.96. The second-order valence-electron chi connectivity index (χ2n) is 4.89. The molecule has 0 unspecified atom stereocenters. The lowest BCUT2D eigenvalue weighted by Crippen LogP contribution is -2.27. The van der Waals surface area contributed by atoms with E-state index in [2.05, 4.69) is 28.3 Å². The zero-order chi connectivity index (χ0) is 13.2. The summed E-state index contributed by atoms with van der Waals surface area (Å²) < 4.78 is 0. The van der Waals surface area contributed by atoms with Gasteiger partial charge in [-0.05, 0) is 30.5 Å². The maximum atomic E-state index is 9.03. The molecule has 0 aromatic carbocycles. The predicted octanol–water partition coefficient (Wildman–Crippen LogP) is 1.26. The molecule has 1 aliphatic rings. The summed E-state index contributed by atoms with van der Waals surface area (Å²) >= 11 is 1.72. The molecular formula is C15H18N2OS. The van der Waals surface area contributed by atoms with Crippen LogP contribution in [0.1, 0.15) is 34.0 Å². The number of nitrogens with zero attached hydrogens (tertiary/aromatic N) is 1. The quantitative estimate of drug-likeness (QED) is 0.882. The third-order valence-electron chi connectivity index (χ3n) is 3.52. The van der Waals surface area contributed by atoms with E-state index >= 15 is 0 Å². The number of nitrogens with one attached hydrogen (secondary N) is 1. The third kappa shape index (κ3) is 2.51. The molecule has 0 atom stereocenters. The van der Waals surface area contributed by atoms with Crippen molar-refractivity contribution >= 4 is 23.5 Å². The molecular weight excluding hydrogens is 256 g/mol. The summed E-state index contributed by atoms with van der Waals surface area (Å²) in [5.41, 5.74) is 2.39. The second-order valence-corrected chi connectivity index (χ2v) is 6.06. The summed E-state index contributed by atoms with van der Waals surface area (Å²) in [5, 5.41) is 12.8. The van der Waals surface area contributed by atoms with Crippen molar-refractivity contribution in [3.8, 4) is 0 Å². The number of thiazole rings is 1. The van der Waals surface area contributed by atoms with Gasteiger partial charge >= 0.3 is 0 Å². The van der Waals surface area contributed by atoms with E-state index < -0.39 is 0 Å². The van der Waals surface area contributed by atoms with Gasteiger partial charge in [-0.1, -0.05) is 12.2 Å². The standard InChI is InChI=1S/C15H18N2OS/c1-10-14(6-7-18)19-15(17-10)8-11-9-16-13-5-3-2-4-12(11)13/h4-5,9,16,18H,2-3,6-8H2,1H3. The maximum absolute atomic E-state index is 9.03. The van der Waals surface area contributed by atoms with Crippen LogP contribution in [-0.4, -0.2) is 21.7 Å². The summed E-state index contributed by atoms with van der Waals surface area (Å²) in [6.07, 6.45) is 10.5. The lowest BCUT2D eigenvalue weighted by Gasteiger charge is -1.97. The van der Waals surface area contributed by atoms with Crippen molar-refractivity contribution in [3.05, 3.63) is 37.9 Å². The van der Waals surface area contributed by atoms with Crippen molar-refractivity contribution < 1.29 is 5.11 Å². The SMILES string of the molecule is Cc1nc(Cc2c[nH]c3c2=CCCC=3)sc1CCO. The van der Waals surface area contributed by atoms with E-state index in [9.17, 15) is 0 Å². The topological polar surface area (TPSA) is 48.9 Å². The number of aryl methyl sites for hydroxylation is 1. The van der Waals surface area contributed by atoms with Crippen LogP contribution in [-0.2, 0) is 12.8 Å². The molecule has 0 aliphatic heterocycles. The maximum Gasteiger partial charge on any atom is 0.0975 e. The highest BCUT2D eigenvalue weighted by atomic mass is 32.1. The number of H-pyrrole nitrogens is 1. The Morgan fingerprint density at radius 3 is 3.05 bits per heavy atom. The molecule has 3 rings (SSSR count). The van der Waals surface area contributed by atoms with E-state index in [1.54, 1.807) is 11.3 Å². The van der Waals surface area contributed by atoms with Crippen molar-refractivity contribution in [1.82, 2.24) is 9.97 Å². The van der Waals surface area contributed by atoms with Crippen molar-refractivity contribution in [2.75, 3.05) is 6.61 Å². The Kier molecular flexibility index (Phi) is 3.53. The van der Waals surface area contributed by atoms with Crippen molar-refractivity contribution in [3.63, 3.8) is 0 Å². The van der Waals surface area contributed by atoms with Crippen LogP contribution in [0.15, 0.2) is 6.20 Å². The summed E-state index contributed by atoms with van der Waals surface area (Å²) in [6, 6.07) is 0. The van der Waals surface area contributed by atoms with Gasteiger partial charge in [0, 0.05) is 35.9 Å². The Hall–Kier alpha value is -1.39. The number of aromatic nitrogens is 2. The molecule has 2 N–H and O–H groups in total. The molecule has 0 saturated heterocycles. The molecule has 100 valence electrons. The van der Waals surface area contributed by atoms with Crippen LogP contribution in [0.2, 0.25) is 0 Å². The molecule has 0 spiro atoms. The molecule has 19 heavy (non-hydrogen) atoms. The normalized spacial score (nSPS) is 13.8. The molecule has 2 aromatic heterocycles. The summed E-state index contributed by atoms with van der Waals surface area (Å²) in [5.74, 6) is 0. The van der Waals surface area contributed by atoms with Crippen LogP contribution in [0.5, 0.6) is 0 Å². The van der Waals surface area contributed by atoms with Gasteiger partial charge in [-0.25, -0.2) is 4.98 Å². The summed E-state index contributed by atoms with van der Waals surface area (Å²) in [7, 11) is 0. The summed E-state index contributed by atoms with van der Waals surface area (Å²) in [4.78, 5) is 9.17. The van der Waals surface area contributed by atoms with Crippen molar-refractivity contribution in [1.29, 1.82) is 0 Å². The number of hydrogen-bond donors (Lipinski definition) is 2. The second kappa shape index (κ2) is 5.31. The van der Waals surface area contributed by atoms with Gasteiger partial charge in [-0.3, -0.25) is 0 Å². The van der Waals surface area contributed by atoms with E-state index in [4.69, 9.17) is 5.11 Å². The third-order valence-corrected chi connectivity index (χ3v) is 4.74. The first-order valence-electron chi connectivity index (χ1n) is 6.70. The minimum absolute atomic E-state index is 0.199. The lowest BCUT2D eigenvalue weighted by molar-refractivity contribution is 0.300. The van der Waals surface area contributed by atoms with Gasteiger partial charge in [-0.15, -0.1) is 11.3 Å². The number of rotatable bonds is 4. The molecule has 3 nitrogen and oxygen atoms in total. The monoisotopic (exact) mass is 274 g/mol. The Bertz CT molecular complexity index is 696. The van der Waals surface area contributed by atoms with Gasteiger partial charge in [0.2, 0.25) is 0 Å². The first kappa shape index (κ1) is 12.6. The minimum Gasteiger partial charge on any atom is -0.396 e.